The molecule has 5 nitrogen and oxygen atoms in total. The van der Waals surface area contributed by atoms with Gasteiger partial charge in [-0.1, -0.05) is 0 Å². The van der Waals surface area contributed by atoms with Gasteiger partial charge in [-0.3, -0.25) is 4.79 Å². The van der Waals surface area contributed by atoms with Gasteiger partial charge in [-0.2, -0.15) is 0 Å². The standard InChI is InChI=1S/C8H14N4O/c1-4(9)3-6-11-7(10)5(2)8(13)12-6/h4H,3,9H2,1-2H3,(H3,10,11,12,13). The van der Waals surface area contributed by atoms with Crippen LogP contribution in [0, 0.1) is 6.92 Å². The summed E-state index contributed by atoms with van der Waals surface area (Å²) < 4.78 is 0. The lowest BCUT2D eigenvalue weighted by Gasteiger charge is -2.05. The van der Waals surface area contributed by atoms with Crippen LogP contribution >= 0.6 is 0 Å². The third-order valence-electron chi connectivity index (χ3n) is 1.75. The lowest BCUT2D eigenvalue weighted by molar-refractivity contribution is 0.698. The Morgan fingerprint density at radius 3 is 2.69 bits per heavy atom. The van der Waals surface area contributed by atoms with E-state index < -0.39 is 0 Å². The first-order valence-corrected chi connectivity index (χ1v) is 4.11. The number of nitrogens with zero attached hydrogens (tertiary/aromatic N) is 1. The zero-order valence-corrected chi connectivity index (χ0v) is 7.79. The molecule has 0 spiro atoms. The molecule has 0 fully saturated rings. The largest absolute Gasteiger partial charge is 0.383 e. The number of nitrogen functional groups attached to an aromatic ring is 1. The smallest absolute Gasteiger partial charge is 0.255 e. The van der Waals surface area contributed by atoms with Crippen LogP contribution in [0.5, 0.6) is 0 Å². The highest BCUT2D eigenvalue weighted by Gasteiger charge is 2.05. The van der Waals surface area contributed by atoms with Crippen molar-refractivity contribution in [3.05, 3.63) is 21.7 Å². The van der Waals surface area contributed by atoms with E-state index >= 15 is 0 Å². The third-order valence-corrected chi connectivity index (χ3v) is 1.75. The van der Waals surface area contributed by atoms with Crippen LogP contribution in [0.1, 0.15) is 18.3 Å². The molecule has 1 atom stereocenters. The first-order valence-electron chi connectivity index (χ1n) is 4.11. The van der Waals surface area contributed by atoms with Crippen molar-refractivity contribution in [2.75, 3.05) is 5.73 Å². The van der Waals surface area contributed by atoms with Crippen molar-refractivity contribution >= 4 is 5.82 Å². The Balaban J connectivity index is 3.06. The van der Waals surface area contributed by atoms with E-state index in [2.05, 4.69) is 9.97 Å². The van der Waals surface area contributed by atoms with Crippen molar-refractivity contribution in [1.29, 1.82) is 0 Å². The predicted octanol–water partition coefficient (Wildman–Crippen LogP) is -0.450. The summed E-state index contributed by atoms with van der Waals surface area (Å²) in [5.41, 5.74) is 11.3. The summed E-state index contributed by atoms with van der Waals surface area (Å²) in [6.07, 6.45) is 0.528. The van der Waals surface area contributed by atoms with E-state index in [1.165, 1.54) is 0 Å². The van der Waals surface area contributed by atoms with Gasteiger partial charge in [0.1, 0.15) is 11.6 Å². The minimum Gasteiger partial charge on any atom is -0.383 e. The van der Waals surface area contributed by atoms with Crippen LogP contribution in [0.4, 0.5) is 5.82 Å². The quantitative estimate of drug-likeness (QED) is 0.577. The molecule has 0 bridgehead atoms. The summed E-state index contributed by atoms with van der Waals surface area (Å²) in [5, 5.41) is 0. The van der Waals surface area contributed by atoms with Gasteiger partial charge in [0.2, 0.25) is 0 Å². The topological polar surface area (TPSA) is 97.8 Å². The maximum absolute atomic E-state index is 11.2. The van der Waals surface area contributed by atoms with Crippen molar-refractivity contribution < 1.29 is 0 Å². The van der Waals surface area contributed by atoms with Crippen LogP contribution in [-0.4, -0.2) is 16.0 Å². The summed E-state index contributed by atoms with van der Waals surface area (Å²) in [6, 6.07) is -0.0368. The molecule has 0 aromatic carbocycles. The Hall–Kier alpha value is -1.36. The van der Waals surface area contributed by atoms with E-state index in [-0.39, 0.29) is 17.4 Å². The van der Waals surface area contributed by atoms with E-state index in [1.54, 1.807) is 6.92 Å². The van der Waals surface area contributed by atoms with Gasteiger partial charge >= 0.3 is 0 Å². The Morgan fingerprint density at radius 1 is 1.62 bits per heavy atom. The molecule has 0 aliphatic heterocycles. The number of H-pyrrole nitrogens is 1. The Kier molecular flexibility index (Phi) is 2.67. The molecule has 0 aliphatic carbocycles. The van der Waals surface area contributed by atoms with Crippen LogP contribution in [-0.2, 0) is 6.42 Å². The number of hydrogen-bond acceptors (Lipinski definition) is 4. The van der Waals surface area contributed by atoms with Gasteiger partial charge < -0.3 is 16.5 Å². The summed E-state index contributed by atoms with van der Waals surface area (Å²) >= 11 is 0. The van der Waals surface area contributed by atoms with Crippen LogP contribution in [0.15, 0.2) is 4.79 Å². The average molecular weight is 182 g/mol. The van der Waals surface area contributed by atoms with Gasteiger partial charge in [0.15, 0.2) is 0 Å². The second-order valence-corrected chi connectivity index (χ2v) is 3.20. The number of nitrogens with two attached hydrogens (primary N) is 2. The van der Waals surface area contributed by atoms with E-state index in [4.69, 9.17) is 11.5 Å². The van der Waals surface area contributed by atoms with E-state index in [9.17, 15) is 4.79 Å². The van der Waals surface area contributed by atoms with Gasteiger partial charge in [-0.15, -0.1) is 0 Å². The summed E-state index contributed by atoms with van der Waals surface area (Å²) in [4.78, 5) is 17.9. The Morgan fingerprint density at radius 2 is 2.23 bits per heavy atom. The fourth-order valence-electron chi connectivity index (χ4n) is 1.000. The maximum Gasteiger partial charge on any atom is 0.255 e. The fraction of sp³-hybridized carbons (Fsp3) is 0.500. The predicted molar refractivity (Wildman–Crippen MR) is 51.4 cm³/mol. The zero-order chi connectivity index (χ0) is 10.0. The van der Waals surface area contributed by atoms with Crippen LogP contribution in [0.3, 0.4) is 0 Å². The number of hydrogen-bond donors (Lipinski definition) is 3. The van der Waals surface area contributed by atoms with Crippen molar-refractivity contribution in [2.45, 2.75) is 26.3 Å². The molecule has 0 amide bonds. The number of aromatic amines is 1. The SMILES string of the molecule is Cc1c(N)nc(CC(C)N)[nH]c1=O. The minimum atomic E-state index is -0.192. The van der Waals surface area contributed by atoms with Gasteiger partial charge in [0, 0.05) is 12.5 Å². The average Bonchev–Trinajstić information content (AvgIpc) is 1.98. The molecule has 0 radical (unpaired) electrons. The van der Waals surface area contributed by atoms with E-state index in [0.717, 1.165) is 0 Å². The molecular formula is C8H14N4O. The van der Waals surface area contributed by atoms with Crippen LogP contribution < -0.4 is 17.0 Å². The first-order chi connectivity index (χ1) is 6.00. The fourth-order valence-corrected chi connectivity index (χ4v) is 1.000. The zero-order valence-electron chi connectivity index (χ0n) is 7.79. The lowest BCUT2D eigenvalue weighted by atomic mass is 10.2. The highest BCUT2D eigenvalue weighted by atomic mass is 16.1. The van der Waals surface area contributed by atoms with Crippen molar-refractivity contribution in [3.63, 3.8) is 0 Å². The molecule has 1 unspecified atom stereocenters. The maximum atomic E-state index is 11.2. The monoisotopic (exact) mass is 182 g/mol. The number of anilines is 1. The van der Waals surface area contributed by atoms with Gasteiger partial charge in [-0.05, 0) is 13.8 Å². The first kappa shape index (κ1) is 9.73. The number of aromatic nitrogens is 2. The summed E-state index contributed by atoms with van der Waals surface area (Å²) in [6.45, 7) is 3.48. The number of nitrogens with one attached hydrogen (secondary N) is 1. The molecule has 1 aromatic heterocycles. The van der Waals surface area contributed by atoms with E-state index in [1.807, 2.05) is 6.92 Å². The molecule has 13 heavy (non-hydrogen) atoms. The minimum absolute atomic E-state index is 0.0368. The second-order valence-electron chi connectivity index (χ2n) is 3.20. The Labute approximate surface area is 76.2 Å². The highest BCUT2D eigenvalue weighted by Crippen LogP contribution is 2.01. The third kappa shape index (κ3) is 2.29. The highest BCUT2D eigenvalue weighted by molar-refractivity contribution is 5.36. The lowest BCUT2D eigenvalue weighted by Crippen LogP contribution is -2.24. The molecule has 1 aromatic rings. The van der Waals surface area contributed by atoms with Gasteiger partial charge in [0.25, 0.3) is 5.56 Å². The van der Waals surface area contributed by atoms with Crippen LogP contribution in [0.25, 0.3) is 0 Å². The number of rotatable bonds is 2. The normalized spacial score (nSPS) is 12.8. The molecule has 5 heteroatoms. The summed E-state index contributed by atoms with van der Waals surface area (Å²) in [5.74, 6) is 0.822. The Bertz CT molecular complexity index is 356. The molecule has 1 rings (SSSR count). The van der Waals surface area contributed by atoms with E-state index in [0.29, 0.717) is 17.8 Å². The molecule has 5 N–H and O–H groups in total. The second kappa shape index (κ2) is 3.57. The molecule has 0 saturated heterocycles. The van der Waals surface area contributed by atoms with Crippen molar-refractivity contribution in [3.8, 4) is 0 Å². The van der Waals surface area contributed by atoms with Crippen molar-refractivity contribution in [2.24, 2.45) is 5.73 Å². The molecular weight excluding hydrogens is 168 g/mol. The van der Waals surface area contributed by atoms with Gasteiger partial charge in [0.05, 0.1) is 5.56 Å². The van der Waals surface area contributed by atoms with Gasteiger partial charge in [-0.25, -0.2) is 4.98 Å². The molecule has 0 saturated carbocycles. The molecule has 1 heterocycles. The summed E-state index contributed by atoms with van der Waals surface area (Å²) in [7, 11) is 0. The van der Waals surface area contributed by atoms with Crippen LogP contribution in [0.2, 0.25) is 0 Å². The van der Waals surface area contributed by atoms with Crippen molar-refractivity contribution in [1.82, 2.24) is 9.97 Å². The molecule has 72 valence electrons. The molecule has 0 aliphatic rings.